The molecule has 0 aliphatic carbocycles. The zero-order valence-corrected chi connectivity index (χ0v) is 18.9. The van der Waals surface area contributed by atoms with E-state index in [1.807, 2.05) is 60.6 Å². The van der Waals surface area contributed by atoms with Crippen molar-refractivity contribution in [3.8, 4) is 0 Å². The highest BCUT2D eigenvalue weighted by Gasteiger charge is 2.49. The largest absolute Gasteiger partial charge is 0.444 e. The van der Waals surface area contributed by atoms with Crippen molar-refractivity contribution < 1.29 is 14.3 Å². The van der Waals surface area contributed by atoms with Gasteiger partial charge in [-0.3, -0.25) is 14.9 Å². The number of carbonyl (C=O) groups excluding carboxylic acids is 1. The lowest BCUT2D eigenvalue weighted by Crippen LogP contribution is -2.54. The summed E-state index contributed by atoms with van der Waals surface area (Å²) in [7, 11) is 1.71. The molecule has 0 spiro atoms. The fourth-order valence-corrected chi connectivity index (χ4v) is 3.42. The smallest absolute Gasteiger partial charge is 0.412 e. The standard InChI is InChI=1S/C21H35N5O3/c1-14-10-9-11-23-16(14)12-24-18(22-8)25-13-17-15(2)28-21(6,7)26(17)19(27)29-20(3,4)5/h9-11,15,17H,12-13H2,1-8H3,(H2,22,24,25). The van der Waals surface area contributed by atoms with Crippen molar-refractivity contribution in [2.75, 3.05) is 13.6 Å². The van der Waals surface area contributed by atoms with Gasteiger partial charge in [0.2, 0.25) is 0 Å². The summed E-state index contributed by atoms with van der Waals surface area (Å²) in [5, 5.41) is 6.57. The van der Waals surface area contributed by atoms with Gasteiger partial charge >= 0.3 is 6.09 Å². The van der Waals surface area contributed by atoms with Crippen LogP contribution >= 0.6 is 0 Å². The van der Waals surface area contributed by atoms with E-state index >= 15 is 0 Å². The lowest BCUT2D eigenvalue weighted by Gasteiger charge is -2.35. The molecule has 2 rings (SSSR count). The van der Waals surface area contributed by atoms with Crippen molar-refractivity contribution in [1.82, 2.24) is 20.5 Å². The van der Waals surface area contributed by atoms with E-state index in [1.54, 1.807) is 18.1 Å². The normalized spacial score (nSPS) is 21.8. The molecule has 1 aromatic rings. The van der Waals surface area contributed by atoms with Crippen molar-refractivity contribution in [3.05, 3.63) is 29.6 Å². The molecule has 29 heavy (non-hydrogen) atoms. The van der Waals surface area contributed by atoms with E-state index in [1.165, 1.54) is 0 Å². The maximum Gasteiger partial charge on any atom is 0.412 e. The van der Waals surface area contributed by atoms with Crippen LogP contribution < -0.4 is 10.6 Å². The Morgan fingerprint density at radius 2 is 2.07 bits per heavy atom. The van der Waals surface area contributed by atoms with Gasteiger partial charge in [-0.2, -0.15) is 0 Å². The van der Waals surface area contributed by atoms with Crippen molar-refractivity contribution in [2.24, 2.45) is 4.99 Å². The van der Waals surface area contributed by atoms with Gasteiger partial charge in [-0.1, -0.05) is 6.07 Å². The van der Waals surface area contributed by atoms with Crippen LogP contribution in [0, 0.1) is 6.92 Å². The van der Waals surface area contributed by atoms with E-state index in [2.05, 4.69) is 20.6 Å². The monoisotopic (exact) mass is 405 g/mol. The number of amides is 1. The minimum Gasteiger partial charge on any atom is -0.444 e. The van der Waals surface area contributed by atoms with Crippen LogP contribution in [0.2, 0.25) is 0 Å². The third-order valence-electron chi connectivity index (χ3n) is 4.76. The maximum atomic E-state index is 12.8. The predicted molar refractivity (Wildman–Crippen MR) is 114 cm³/mol. The molecule has 1 saturated heterocycles. The molecule has 0 saturated carbocycles. The predicted octanol–water partition coefficient (Wildman–Crippen LogP) is 2.82. The fraction of sp³-hybridized carbons (Fsp3) is 0.667. The highest BCUT2D eigenvalue weighted by atomic mass is 16.6. The molecular formula is C21H35N5O3. The van der Waals surface area contributed by atoms with E-state index in [0.717, 1.165) is 11.3 Å². The number of aromatic nitrogens is 1. The first-order valence-electron chi connectivity index (χ1n) is 10.00. The molecule has 2 heterocycles. The summed E-state index contributed by atoms with van der Waals surface area (Å²) in [6.45, 7) is 14.4. The van der Waals surface area contributed by atoms with E-state index in [0.29, 0.717) is 19.0 Å². The van der Waals surface area contributed by atoms with Crippen LogP contribution in [-0.4, -0.2) is 59.0 Å². The Hall–Kier alpha value is -2.35. The maximum absolute atomic E-state index is 12.8. The Morgan fingerprint density at radius 3 is 2.66 bits per heavy atom. The highest BCUT2D eigenvalue weighted by molar-refractivity contribution is 5.79. The highest BCUT2D eigenvalue weighted by Crippen LogP contribution is 2.33. The molecule has 0 aromatic carbocycles. The molecule has 0 radical (unpaired) electrons. The van der Waals surface area contributed by atoms with Crippen molar-refractivity contribution in [1.29, 1.82) is 0 Å². The number of carbonyl (C=O) groups is 1. The Bertz CT molecular complexity index is 742. The number of guanidine groups is 1. The van der Waals surface area contributed by atoms with Crippen LogP contribution in [0.1, 0.15) is 52.8 Å². The third kappa shape index (κ3) is 6.06. The molecule has 1 aliphatic heterocycles. The van der Waals surface area contributed by atoms with E-state index < -0.39 is 11.3 Å². The van der Waals surface area contributed by atoms with E-state index in [4.69, 9.17) is 9.47 Å². The number of ether oxygens (including phenoxy) is 2. The molecule has 2 N–H and O–H groups in total. The second-order valence-electron chi connectivity index (χ2n) is 8.76. The molecule has 0 bridgehead atoms. The van der Waals surface area contributed by atoms with Gasteiger partial charge in [0.25, 0.3) is 0 Å². The third-order valence-corrected chi connectivity index (χ3v) is 4.76. The summed E-state index contributed by atoms with van der Waals surface area (Å²) in [4.78, 5) is 23.2. The zero-order valence-electron chi connectivity index (χ0n) is 18.9. The van der Waals surface area contributed by atoms with Crippen LogP contribution in [0.25, 0.3) is 0 Å². The van der Waals surface area contributed by atoms with Crippen LogP contribution in [0.5, 0.6) is 0 Å². The van der Waals surface area contributed by atoms with Gasteiger partial charge in [0, 0.05) is 19.8 Å². The van der Waals surface area contributed by atoms with Gasteiger partial charge < -0.3 is 20.1 Å². The number of aliphatic imine (C=N–C) groups is 1. The summed E-state index contributed by atoms with van der Waals surface area (Å²) in [5.74, 6) is 0.635. The van der Waals surface area contributed by atoms with E-state index in [9.17, 15) is 4.79 Å². The summed E-state index contributed by atoms with van der Waals surface area (Å²) < 4.78 is 11.6. The number of pyridine rings is 1. The second-order valence-corrected chi connectivity index (χ2v) is 8.76. The Labute approximate surface area is 174 Å². The average Bonchev–Trinajstić information content (AvgIpc) is 2.83. The molecule has 162 valence electrons. The summed E-state index contributed by atoms with van der Waals surface area (Å²) in [6.07, 6.45) is 1.24. The summed E-state index contributed by atoms with van der Waals surface area (Å²) in [5.41, 5.74) is 0.751. The van der Waals surface area contributed by atoms with Gasteiger partial charge in [-0.15, -0.1) is 0 Å². The number of hydrogen-bond acceptors (Lipinski definition) is 5. The van der Waals surface area contributed by atoms with Gasteiger partial charge in [0.1, 0.15) is 11.3 Å². The van der Waals surface area contributed by atoms with Crippen molar-refractivity contribution in [2.45, 2.75) is 78.5 Å². The fourth-order valence-electron chi connectivity index (χ4n) is 3.42. The summed E-state index contributed by atoms with van der Waals surface area (Å²) >= 11 is 0. The molecule has 1 aromatic heterocycles. The molecule has 2 atom stereocenters. The minimum absolute atomic E-state index is 0.152. The number of hydrogen-bond donors (Lipinski definition) is 2. The first-order chi connectivity index (χ1) is 13.4. The van der Waals surface area contributed by atoms with Gasteiger partial charge in [-0.05, 0) is 60.1 Å². The van der Waals surface area contributed by atoms with Crippen LogP contribution in [0.4, 0.5) is 4.79 Å². The molecule has 8 heteroatoms. The van der Waals surface area contributed by atoms with Crippen LogP contribution in [-0.2, 0) is 16.0 Å². The molecule has 8 nitrogen and oxygen atoms in total. The molecule has 2 unspecified atom stereocenters. The number of rotatable bonds is 4. The number of aryl methyl sites for hydroxylation is 1. The SMILES string of the molecule is CN=C(NCc1ncccc1C)NCC1C(C)OC(C)(C)N1C(=O)OC(C)(C)C. The first kappa shape index (κ1) is 22.9. The lowest BCUT2D eigenvalue weighted by molar-refractivity contribution is -0.0755. The van der Waals surface area contributed by atoms with Crippen LogP contribution in [0.15, 0.2) is 23.3 Å². The number of nitrogens with zero attached hydrogens (tertiary/aromatic N) is 3. The first-order valence-corrected chi connectivity index (χ1v) is 10.00. The van der Waals surface area contributed by atoms with Gasteiger partial charge in [-0.25, -0.2) is 4.79 Å². The topological polar surface area (TPSA) is 88.1 Å². The molecule has 1 fully saturated rings. The minimum atomic E-state index is -0.754. The van der Waals surface area contributed by atoms with Crippen molar-refractivity contribution in [3.63, 3.8) is 0 Å². The Morgan fingerprint density at radius 1 is 1.38 bits per heavy atom. The van der Waals surface area contributed by atoms with Crippen LogP contribution in [0.3, 0.4) is 0 Å². The Balaban J connectivity index is 2.03. The zero-order chi connectivity index (χ0) is 21.8. The summed E-state index contributed by atoms with van der Waals surface area (Å²) in [6, 6.07) is 3.74. The quantitative estimate of drug-likeness (QED) is 0.592. The Kier molecular flexibility index (Phi) is 7.11. The van der Waals surface area contributed by atoms with E-state index in [-0.39, 0.29) is 18.2 Å². The molecule has 1 aliphatic rings. The second kappa shape index (κ2) is 8.98. The van der Waals surface area contributed by atoms with Crippen molar-refractivity contribution >= 4 is 12.1 Å². The number of nitrogens with one attached hydrogen (secondary N) is 2. The van der Waals surface area contributed by atoms with Gasteiger partial charge in [0.05, 0.1) is 24.4 Å². The molecular weight excluding hydrogens is 370 g/mol. The molecule has 1 amide bonds. The lowest BCUT2D eigenvalue weighted by atomic mass is 10.1. The van der Waals surface area contributed by atoms with Gasteiger partial charge in [0.15, 0.2) is 5.96 Å². The average molecular weight is 406 g/mol.